The van der Waals surface area contributed by atoms with Gasteiger partial charge in [0.2, 0.25) is 0 Å². The molecule has 0 spiro atoms. The van der Waals surface area contributed by atoms with E-state index in [4.69, 9.17) is 22.1 Å². The lowest BCUT2D eigenvalue weighted by atomic mass is 10.0. The van der Waals surface area contributed by atoms with Gasteiger partial charge in [-0.15, -0.1) is 0 Å². The fraction of sp³-hybridized carbons (Fsp3) is 0.167. The van der Waals surface area contributed by atoms with Gasteiger partial charge in [-0.05, 0) is 68.3 Å². The SMILES string of the molecule is Cc1cc(OC(C)C)ccc1-c1nn(-c2ccccc2)cc1/C=C1\SC(=S)N(Cc2ccccc2)C1=O. The van der Waals surface area contributed by atoms with Gasteiger partial charge in [0.15, 0.2) is 0 Å². The summed E-state index contributed by atoms with van der Waals surface area (Å²) in [6, 6.07) is 25.9. The molecule has 2 heterocycles. The van der Waals surface area contributed by atoms with Crippen molar-refractivity contribution in [1.29, 1.82) is 0 Å². The smallest absolute Gasteiger partial charge is 0.266 e. The summed E-state index contributed by atoms with van der Waals surface area (Å²) in [5, 5.41) is 4.94. The van der Waals surface area contributed by atoms with E-state index in [1.54, 1.807) is 4.90 Å². The van der Waals surface area contributed by atoms with Gasteiger partial charge in [0.1, 0.15) is 15.8 Å². The summed E-state index contributed by atoms with van der Waals surface area (Å²) >= 11 is 6.91. The Balaban J connectivity index is 1.54. The Hall–Kier alpha value is -3.68. The highest BCUT2D eigenvalue weighted by atomic mass is 32.2. The van der Waals surface area contributed by atoms with Crippen LogP contribution in [0.4, 0.5) is 0 Å². The van der Waals surface area contributed by atoms with Crippen LogP contribution in [-0.2, 0) is 11.3 Å². The van der Waals surface area contributed by atoms with Crippen molar-refractivity contribution in [2.75, 3.05) is 0 Å². The number of hydrogen-bond acceptors (Lipinski definition) is 5. The molecule has 37 heavy (non-hydrogen) atoms. The largest absolute Gasteiger partial charge is 0.491 e. The van der Waals surface area contributed by atoms with Gasteiger partial charge < -0.3 is 4.74 Å². The number of nitrogens with zero attached hydrogens (tertiary/aromatic N) is 3. The number of thioether (sulfide) groups is 1. The van der Waals surface area contributed by atoms with Crippen LogP contribution in [-0.4, -0.2) is 31.0 Å². The summed E-state index contributed by atoms with van der Waals surface area (Å²) in [7, 11) is 0. The Morgan fingerprint density at radius 1 is 1.03 bits per heavy atom. The Morgan fingerprint density at radius 3 is 2.41 bits per heavy atom. The van der Waals surface area contributed by atoms with E-state index >= 15 is 0 Å². The molecule has 0 aliphatic carbocycles. The molecule has 7 heteroatoms. The molecule has 1 aromatic heterocycles. The topological polar surface area (TPSA) is 47.4 Å². The van der Waals surface area contributed by atoms with Crippen LogP contribution in [0.15, 0.2) is 90.0 Å². The molecule has 1 aliphatic heterocycles. The van der Waals surface area contributed by atoms with Crippen LogP contribution in [0.2, 0.25) is 0 Å². The van der Waals surface area contributed by atoms with Crippen LogP contribution in [0.25, 0.3) is 23.0 Å². The number of benzene rings is 3. The monoisotopic (exact) mass is 525 g/mol. The Labute approximate surface area is 226 Å². The fourth-order valence-corrected chi connectivity index (χ4v) is 5.45. The second-order valence-electron chi connectivity index (χ2n) is 9.11. The van der Waals surface area contributed by atoms with Gasteiger partial charge in [-0.25, -0.2) is 4.68 Å². The molecule has 5 rings (SSSR count). The third-order valence-electron chi connectivity index (χ3n) is 5.93. The third kappa shape index (κ3) is 5.53. The number of amides is 1. The van der Waals surface area contributed by atoms with Crippen molar-refractivity contribution >= 4 is 40.3 Å². The van der Waals surface area contributed by atoms with E-state index in [1.165, 1.54) is 11.8 Å². The second-order valence-corrected chi connectivity index (χ2v) is 10.8. The molecule has 1 saturated heterocycles. The van der Waals surface area contributed by atoms with E-state index < -0.39 is 0 Å². The van der Waals surface area contributed by atoms with Gasteiger partial charge in [0.25, 0.3) is 5.91 Å². The number of thiocarbonyl (C=S) groups is 1. The Kier molecular flexibility index (Phi) is 7.26. The van der Waals surface area contributed by atoms with Crippen LogP contribution in [0.1, 0.15) is 30.5 Å². The van der Waals surface area contributed by atoms with E-state index in [2.05, 4.69) is 0 Å². The molecule has 0 radical (unpaired) electrons. The summed E-state index contributed by atoms with van der Waals surface area (Å²) in [4.78, 5) is 15.6. The molecule has 0 atom stereocenters. The first-order valence-electron chi connectivity index (χ1n) is 12.1. The number of carbonyl (C=O) groups excluding carboxylic acids is 1. The van der Waals surface area contributed by atoms with Gasteiger partial charge in [-0.1, -0.05) is 72.5 Å². The summed E-state index contributed by atoms with van der Waals surface area (Å²) < 4.78 is 8.29. The van der Waals surface area contributed by atoms with Gasteiger partial charge >= 0.3 is 0 Å². The molecule has 1 aliphatic rings. The molecule has 186 valence electrons. The van der Waals surface area contributed by atoms with Crippen LogP contribution in [0, 0.1) is 6.92 Å². The second kappa shape index (κ2) is 10.7. The van der Waals surface area contributed by atoms with Gasteiger partial charge in [0, 0.05) is 17.3 Å². The standard InChI is InChI=1S/C30H27N3O2S2/c1-20(2)35-25-14-15-26(21(3)16-25)28-23(19-33(31-28)24-12-8-5-9-13-24)17-27-29(34)32(30(36)37-27)18-22-10-6-4-7-11-22/h4-17,19-20H,18H2,1-3H3/b27-17-. The Morgan fingerprint density at radius 2 is 1.73 bits per heavy atom. The molecule has 1 amide bonds. The number of hydrogen-bond donors (Lipinski definition) is 0. The maximum atomic E-state index is 13.4. The van der Waals surface area contributed by atoms with Crippen molar-refractivity contribution in [1.82, 2.24) is 14.7 Å². The molecule has 3 aromatic carbocycles. The zero-order chi connectivity index (χ0) is 25.9. The van der Waals surface area contributed by atoms with E-state index in [9.17, 15) is 4.79 Å². The average molecular weight is 526 g/mol. The van der Waals surface area contributed by atoms with E-state index in [1.807, 2.05) is 117 Å². The van der Waals surface area contributed by atoms with Gasteiger partial charge in [-0.3, -0.25) is 9.69 Å². The lowest BCUT2D eigenvalue weighted by Gasteiger charge is -2.14. The van der Waals surface area contributed by atoms with Crippen LogP contribution in [0.5, 0.6) is 5.75 Å². The predicted molar refractivity (Wildman–Crippen MR) is 155 cm³/mol. The van der Waals surface area contributed by atoms with Gasteiger partial charge in [0.05, 0.1) is 23.2 Å². The number of aryl methyl sites for hydroxylation is 1. The highest BCUT2D eigenvalue weighted by molar-refractivity contribution is 8.26. The number of rotatable bonds is 7. The highest BCUT2D eigenvalue weighted by Gasteiger charge is 2.32. The number of aromatic nitrogens is 2. The molecule has 0 bridgehead atoms. The highest BCUT2D eigenvalue weighted by Crippen LogP contribution is 2.36. The molecule has 4 aromatic rings. The first-order chi connectivity index (χ1) is 17.9. The zero-order valence-electron chi connectivity index (χ0n) is 20.9. The number of carbonyl (C=O) groups is 1. The van der Waals surface area contributed by atoms with Crippen LogP contribution >= 0.6 is 24.0 Å². The normalized spacial score (nSPS) is 14.7. The lowest BCUT2D eigenvalue weighted by molar-refractivity contribution is -0.122. The quantitative estimate of drug-likeness (QED) is 0.191. The van der Waals surface area contributed by atoms with Crippen molar-refractivity contribution in [2.45, 2.75) is 33.4 Å². The van der Waals surface area contributed by atoms with Crippen molar-refractivity contribution in [3.63, 3.8) is 0 Å². The summed E-state index contributed by atoms with van der Waals surface area (Å²) in [6.07, 6.45) is 3.96. The molecular formula is C30H27N3O2S2. The van der Waals surface area contributed by atoms with Crippen LogP contribution in [0.3, 0.4) is 0 Å². The molecule has 1 fully saturated rings. The minimum atomic E-state index is -0.0883. The summed E-state index contributed by atoms with van der Waals surface area (Å²) in [5.74, 6) is 0.733. The average Bonchev–Trinajstić information content (AvgIpc) is 3.41. The summed E-state index contributed by atoms with van der Waals surface area (Å²) in [6.45, 7) is 6.52. The van der Waals surface area contributed by atoms with E-state index in [0.29, 0.717) is 15.8 Å². The number of para-hydroxylation sites is 1. The predicted octanol–water partition coefficient (Wildman–Crippen LogP) is 7.04. The minimum absolute atomic E-state index is 0.0883. The first-order valence-corrected chi connectivity index (χ1v) is 13.3. The van der Waals surface area contributed by atoms with Crippen molar-refractivity contribution in [2.24, 2.45) is 0 Å². The molecule has 0 N–H and O–H groups in total. The Bertz CT molecular complexity index is 1480. The van der Waals surface area contributed by atoms with Crippen LogP contribution < -0.4 is 4.74 Å². The minimum Gasteiger partial charge on any atom is -0.491 e. The van der Waals surface area contributed by atoms with Crippen molar-refractivity contribution in [3.8, 4) is 22.7 Å². The molecular weight excluding hydrogens is 498 g/mol. The van der Waals surface area contributed by atoms with Gasteiger partial charge in [-0.2, -0.15) is 5.10 Å². The van der Waals surface area contributed by atoms with Crippen molar-refractivity contribution in [3.05, 3.63) is 107 Å². The molecule has 5 nitrogen and oxygen atoms in total. The fourth-order valence-electron chi connectivity index (χ4n) is 4.21. The maximum Gasteiger partial charge on any atom is 0.266 e. The summed E-state index contributed by atoms with van der Waals surface area (Å²) in [5.41, 5.74) is 5.66. The van der Waals surface area contributed by atoms with E-state index in [0.717, 1.165) is 39.4 Å². The molecule has 0 saturated carbocycles. The third-order valence-corrected chi connectivity index (χ3v) is 7.31. The first kappa shape index (κ1) is 25.0. The maximum absolute atomic E-state index is 13.4. The molecule has 0 unspecified atom stereocenters. The van der Waals surface area contributed by atoms with Crippen molar-refractivity contribution < 1.29 is 9.53 Å². The number of ether oxygens (including phenoxy) is 1. The zero-order valence-corrected chi connectivity index (χ0v) is 22.6. The lowest BCUT2D eigenvalue weighted by Crippen LogP contribution is -2.27. The van der Waals surface area contributed by atoms with E-state index in [-0.39, 0.29) is 12.0 Å².